The maximum absolute atomic E-state index is 5.39. The number of nitrogens with zero attached hydrogens (tertiary/aromatic N) is 3. The van der Waals surface area contributed by atoms with Crippen LogP contribution in [0.5, 0.6) is 0 Å². The van der Waals surface area contributed by atoms with Crippen LogP contribution in [0.3, 0.4) is 0 Å². The van der Waals surface area contributed by atoms with E-state index >= 15 is 0 Å². The quantitative estimate of drug-likeness (QED) is 0.867. The summed E-state index contributed by atoms with van der Waals surface area (Å²) in [7, 11) is 0. The molecule has 0 aliphatic carbocycles. The molecule has 5 heteroatoms. The van der Waals surface area contributed by atoms with Crippen LogP contribution in [0, 0.1) is 0 Å². The molecule has 19 heavy (non-hydrogen) atoms. The Labute approximate surface area is 114 Å². The Balaban J connectivity index is 1.70. The number of piperazine rings is 1. The minimum absolute atomic E-state index is 0.483. The van der Waals surface area contributed by atoms with Crippen molar-refractivity contribution >= 4 is 5.82 Å². The highest BCUT2D eigenvalue weighted by Crippen LogP contribution is 2.25. The molecule has 1 unspecified atom stereocenters. The Kier molecular flexibility index (Phi) is 3.94. The molecule has 5 nitrogen and oxygen atoms in total. The third kappa shape index (κ3) is 2.87. The predicted octanol–water partition coefficient (Wildman–Crippen LogP) is 1.17. The molecule has 0 spiro atoms. The van der Waals surface area contributed by atoms with Crippen molar-refractivity contribution in [3.05, 3.63) is 17.8 Å². The monoisotopic (exact) mass is 262 g/mol. The van der Waals surface area contributed by atoms with E-state index in [-0.39, 0.29) is 0 Å². The van der Waals surface area contributed by atoms with E-state index < -0.39 is 0 Å². The molecular weight excluding hydrogens is 240 g/mol. The highest BCUT2D eigenvalue weighted by molar-refractivity contribution is 5.39. The lowest BCUT2D eigenvalue weighted by Gasteiger charge is -2.34. The lowest BCUT2D eigenvalue weighted by atomic mass is 9.96. The Bertz CT molecular complexity index is 402. The predicted molar refractivity (Wildman–Crippen MR) is 74.5 cm³/mol. The van der Waals surface area contributed by atoms with Crippen molar-refractivity contribution in [1.82, 2.24) is 15.5 Å². The molecule has 2 fully saturated rings. The topological polar surface area (TPSA) is 50.3 Å². The number of hydrogen-bond acceptors (Lipinski definition) is 5. The summed E-state index contributed by atoms with van der Waals surface area (Å²) in [5, 5.41) is 12.3. The largest absolute Gasteiger partial charge is 0.381 e. The summed E-state index contributed by atoms with van der Waals surface area (Å²) < 4.78 is 5.39. The first-order valence-electron chi connectivity index (χ1n) is 7.23. The van der Waals surface area contributed by atoms with Crippen molar-refractivity contribution in [3.8, 4) is 0 Å². The third-order valence-corrected chi connectivity index (χ3v) is 4.11. The average Bonchev–Trinajstić information content (AvgIpc) is 2.49. The molecule has 3 heterocycles. The SMILES string of the molecule is CC1CNCCN1c1ccc(C2CCOCC2)nn1. The molecular formula is C14H22N4O. The Morgan fingerprint density at radius 2 is 2.11 bits per heavy atom. The maximum atomic E-state index is 5.39. The summed E-state index contributed by atoms with van der Waals surface area (Å²) in [6.07, 6.45) is 2.14. The van der Waals surface area contributed by atoms with E-state index in [4.69, 9.17) is 4.74 Å². The first-order valence-corrected chi connectivity index (χ1v) is 7.23. The zero-order valence-electron chi connectivity index (χ0n) is 11.5. The van der Waals surface area contributed by atoms with Crippen molar-refractivity contribution in [2.75, 3.05) is 37.7 Å². The van der Waals surface area contributed by atoms with Gasteiger partial charge >= 0.3 is 0 Å². The summed E-state index contributed by atoms with van der Waals surface area (Å²) in [5.74, 6) is 1.53. The van der Waals surface area contributed by atoms with Gasteiger partial charge in [0.05, 0.1) is 5.69 Å². The van der Waals surface area contributed by atoms with Gasteiger partial charge in [-0.05, 0) is 31.9 Å². The molecule has 3 rings (SSSR count). The highest BCUT2D eigenvalue weighted by Gasteiger charge is 2.21. The zero-order valence-corrected chi connectivity index (χ0v) is 11.5. The Morgan fingerprint density at radius 3 is 2.79 bits per heavy atom. The molecule has 1 aromatic rings. The molecule has 0 saturated carbocycles. The van der Waals surface area contributed by atoms with Crippen LogP contribution in [0.25, 0.3) is 0 Å². The number of ether oxygens (including phenoxy) is 1. The second kappa shape index (κ2) is 5.84. The Hall–Kier alpha value is -1.20. The highest BCUT2D eigenvalue weighted by atomic mass is 16.5. The fourth-order valence-corrected chi connectivity index (χ4v) is 2.88. The van der Waals surface area contributed by atoms with E-state index in [1.807, 2.05) is 0 Å². The van der Waals surface area contributed by atoms with Gasteiger partial charge < -0.3 is 15.0 Å². The van der Waals surface area contributed by atoms with Gasteiger partial charge in [-0.3, -0.25) is 0 Å². The molecule has 0 radical (unpaired) electrons. The minimum atomic E-state index is 0.483. The summed E-state index contributed by atoms with van der Waals surface area (Å²) in [6, 6.07) is 4.75. The van der Waals surface area contributed by atoms with Crippen molar-refractivity contribution in [1.29, 1.82) is 0 Å². The standard InChI is InChI=1S/C14H22N4O/c1-11-10-15-6-7-18(11)14-3-2-13(16-17-14)12-4-8-19-9-5-12/h2-3,11-12,15H,4-10H2,1H3. The lowest BCUT2D eigenvalue weighted by molar-refractivity contribution is 0.0843. The normalized spacial score (nSPS) is 25.5. The van der Waals surface area contributed by atoms with Gasteiger partial charge in [-0.2, -0.15) is 5.10 Å². The number of anilines is 1. The third-order valence-electron chi connectivity index (χ3n) is 4.11. The van der Waals surface area contributed by atoms with Gasteiger partial charge in [-0.15, -0.1) is 5.10 Å². The number of hydrogen-bond donors (Lipinski definition) is 1. The van der Waals surface area contributed by atoms with Crippen LogP contribution in [-0.2, 0) is 4.74 Å². The molecule has 0 amide bonds. The van der Waals surface area contributed by atoms with Gasteiger partial charge in [0.15, 0.2) is 5.82 Å². The Morgan fingerprint density at radius 1 is 1.26 bits per heavy atom. The van der Waals surface area contributed by atoms with Crippen LogP contribution in [0.4, 0.5) is 5.82 Å². The van der Waals surface area contributed by atoms with E-state index in [9.17, 15) is 0 Å². The van der Waals surface area contributed by atoms with E-state index in [1.165, 1.54) is 0 Å². The van der Waals surface area contributed by atoms with Crippen LogP contribution in [0.2, 0.25) is 0 Å². The van der Waals surface area contributed by atoms with Crippen molar-refractivity contribution in [3.63, 3.8) is 0 Å². The first kappa shape index (κ1) is 12.8. The summed E-state index contributed by atoms with van der Waals surface area (Å²) in [5.41, 5.74) is 1.12. The number of rotatable bonds is 2. The average molecular weight is 262 g/mol. The van der Waals surface area contributed by atoms with E-state index in [1.54, 1.807) is 0 Å². The molecule has 2 saturated heterocycles. The fourth-order valence-electron chi connectivity index (χ4n) is 2.88. The van der Waals surface area contributed by atoms with E-state index in [2.05, 4.69) is 39.5 Å². The summed E-state index contributed by atoms with van der Waals surface area (Å²) >= 11 is 0. The first-order chi connectivity index (χ1) is 9.34. The second-order valence-electron chi connectivity index (χ2n) is 5.45. The van der Waals surface area contributed by atoms with Gasteiger partial charge in [0.1, 0.15) is 0 Å². The molecule has 0 aromatic carbocycles. The molecule has 104 valence electrons. The fraction of sp³-hybridized carbons (Fsp3) is 0.714. The van der Waals surface area contributed by atoms with Crippen LogP contribution >= 0.6 is 0 Å². The van der Waals surface area contributed by atoms with Crippen molar-refractivity contribution in [2.24, 2.45) is 0 Å². The number of nitrogens with one attached hydrogen (secondary N) is 1. The summed E-state index contributed by atoms with van der Waals surface area (Å²) in [4.78, 5) is 2.33. The molecule has 0 bridgehead atoms. The maximum Gasteiger partial charge on any atom is 0.151 e. The zero-order chi connectivity index (χ0) is 13.1. The number of aromatic nitrogens is 2. The van der Waals surface area contributed by atoms with Gasteiger partial charge in [0.25, 0.3) is 0 Å². The van der Waals surface area contributed by atoms with Crippen LogP contribution in [0.15, 0.2) is 12.1 Å². The van der Waals surface area contributed by atoms with Gasteiger partial charge in [-0.1, -0.05) is 0 Å². The van der Waals surface area contributed by atoms with E-state index in [0.717, 1.165) is 57.2 Å². The molecule has 1 atom stereocenters. The van der Waals surface area contributed by atoms with Crippen molar-refractivity contribution in [2.45, 2.75) is 31.7 Å². The van der Waals surface area contributed by atoms with Gasteiger partial charge in [0.2, 0.25) is 0 Å². The minimum Gasteiger partial charge on any atom is -0.381 e. The lowest BCUT2D eigenvalue weighted by Crippen LogP contribution is -2.50. The molecule has 1 aromatic heterocycles. The van der Waals surface area contributed by atoms with Crippen LogP contribution in [0.1, 0.15) is 31.4 Å². The summed E-state index contributed by atoms with van der Waals surface area (Å²) in [6.45, 7) is 6.97. The smallest absolute Gasteiger partial charge is 0.151 e. The molecule has 2 aliphatic heterocycles. The van der Waals surface area contributed by atoms with Gasteiger partial charge in [-0.25, -0.2) is 0 Å². The van der Waals surface area contributed by atoms with E-state index in [0.29, 0.717) is 12.0 Å². The van der Waals surface area contributed by atoms with Crippen molar-refractivity contribution < 1.29 is 4.74 Å². The second-order valence-corrected chi connectivity index (χ2v) is 5.45. The van der Waals surface area contributed by atoms with Crippen LogP contribution in [-0.4, -0.2) is 49.1 Å². The molecule has 1 N–H and O–H groups in total. The van der Waals surface area contributed by atoms with Gasteiger partial charge in [0, 0.05) is 44.8 Å². The van der Waals surface area contributed by atoms with Crippen LogP contribution < -0.4 is 10.2 Å². The molecule has 2 aliphatic rings.